The Morgan fingerprint density at radius 2 is 2.11 bits per heavy atom. The molecule has 2 heteroatoms. The van der Waals surface area contributed by atoms with Crippen LogP contribution in [0.2, 0.25) is 0 Å². The molecule has 1 aliphatic heterocycles. The summed E-state index contributed by atoms with van der Waals surface area (Å²) in [6.07, 6.45) is 8.02. The van der Waals surface area contributed by atoms with Gasteiger partial charge in [-0.05, 0) is 79.5 Å². The van der Waals surface area contributed by atoms with Gasteiger partial charge in [0, 0.05) is 0 Å². The van der Waals surface area contributed by atoms with Gasteiger partial charge in [0.2, 0.25) is 0 Å². The minimum atomic E-state index is -0.0732. The average molecular weight is 258 g/mol. The first-order valence-corrected chi connectivity index (χ1v) is 7.74. The van der Waals surface area contributed by atoms with E-state index >= 15 is 0 Å². The smallest absolute Gasteiger partial charge is 0.123 e. The molecule has 0 aromatic heterocycles. The summed E-state index contributed by atoms with van der Waals surface area (Å²) in [5, 5.41) is 0. The highest BCUT2D eigenvalue weighted by atomic mass is 19.1. The third kappa shape index (κ3) is 1.29. The highest BCUT2D eigenvalue weighted by molar-refractivity contribution is 5.36. The van der Waals surface area contributed by atoms with Crippen LogP contribution in [0.4, 0.5) is 4.39 Å². The van der Waals surface area contributed by atoms with Crippen LogP contribution in [0.3, 0.4) is 0 Å². The van der Waals surface area contributed by atoms with Gasteiger partial charge in [-0.1, -0.05) is 6.07 Å². The lowest BCUT2D eigenvalue weighted by molar-refractivity contribution is 0.0657. The molecule has 3 aliphatic carbocycles. The molecule has 3 unspecified atom stereocenters. The molecule has 0 radical (unpaired) electrons. The van der Waals surface area contributed by atoms with E-state index in [4.69, 9.17) is 4.74 Å². The predicted molar refractivity (Wildman–Crippen MR) is 70.5 cm³/mol. The minimum Gasteiger partial charge on any atom is -0.366 e. The van der Waals surface area contributed by atoms with E-state index in [2.05, 4.69) is 6.07 Å². The second-order valence-corrected chi connectivity index (χ2v) is 6.94. The molecule has 4 aliphatic rings. The molecule has 1 saturated heterocycles. The Kier molecular flexibility index (Phi) is 1.94. The molecule has 5 atom stereocenters. The van der Waals surface area contributed by atoms with Crippen molar-refractivity contribution in [1.29, 1.82) is 0 Å². The number of rotatable bonds is 0. The second kappa shape index (κ2) is 3.41. The summed E-state index contributed by atoms with van der Waals surface area (Å²) < 4.78 is 19.4. The Balaban J connectivity index is 1.55. The summed E-state index contributed by atoms with van der Waals surface area (Å²) in [4.78, 5) is 0. The minimum absolute atomic E-state index is 0.0732. The summed E-state index contributed by atoms with van der Waals surface area (Å²) in [6, 6.07) is 5.47. The van der Waals surface area contributed by atoms with Crippen molar-refractivity contribution in [1.82, 2.24) is 0 Å². The van der Waals surface area contributed by atoms with Crippen LogP contribution in [0.15, 0.2) is 18.2 Å². The molecular formula is C17H19FO. The summed E-state index contributed by atoms with van der Waals surface area (Å²) in [5.74, 6) is 2.17. The zero-order valence-corrected chi connectivity index (χ0v) is 11.1. The van der Waals surface area contributed by atoms with Gasteiger partial charge in [-0.2, -0.15) is 0 Å². The number of epoxide rings is 1. The Labute approximate surface area is 113 Å². The molecule has 1 spiro atoms. The Bertz CT molecular complexity index is 554. The van der Waals surface area contributed by atoms with Crippen molar-refractivity contribution in [3.05, 3.63) is 35.1 Å². The monoisotopic (exact) mass is 258 g/mol. The van der Waals surface area contributed by atoms with E-state index < -0.39 is 0 Å². The zero-order chi connectivity index (χ0) is 12.6. The van der Waals surface area contributed by atoms with Crippen LogP contribution < -0.4 is 0 Å². The van der Waals surface area contributed by atoms with Crippen molar-refractivity contribution in [2.45, 2.75) is 56.1 Å². The van der Waals surface area contributed by atoms with Crippen molar-refractivity contribution in [2.75, 3.05) is 0 Å². The van der Waals surface area contributed by atoms with E-state index in [1.54, 1.807) is 12.1 Å². The first-order valence-electron chi connectivity index (χ1n) is 7.74. The van der Waals surface area contributed by atoms with Crippen LogP contribution in [0.5, 0.6) is 0 Å². The van der Waals surface area contributed by atoms with Gasteiger partial charge in [0.05, 0.1) is 11.7 Å². The fourth-order valence-electron chi connectivity index (χ4n) is 5.56. The van der Waals surface area contributed by atoms with Crippen molar-refractivity contribution in [3.63, 3.8) is 0 Å². The van der Waals surface area contributed by atoms with Crippen LogP contribution in [-0.4, -0.2) is 11.7 Å². The van der Waals surface area contributed by atoms with Gasteiger partial charge >= 0.3 is 0 Å². The van der Waals surface area contributed by atoms with Crippen LogP contribution in [0.25, 0.3) is 0 Å². The Morgan fingerprint density at radius 3 is 3.00 bits per heavy atom. The fraction of sp³-hybridized carbons (Fsp3) is 0.647. The third-order valence-corrected chi connectivity index (χ3v) is 6.35. The maximum absolute atomic E-state index is 13.4. The van der Waals surface area contributed by atoms with Gasteiger partial charge in [-0.25, -0.2) is 4.39 Å². The molecule has 0 bridgehead atoms. The van der Waals surface area contributed by atoms with E-state index in [-0.39, 0.29) is 5.82 Å². The molecule has 0 amide bonds. The first kappa shape index (κ1) is 10.8. The lowest BCUT2D eigenvalue weighted by atomic mass is 9.60. The van der Waals surface area contributed by atoms with Gasteiger partial charge in [0.1, 0.15) is 5.82 Å². The summed E-state index contributed by atoms with van der Waals surface area (Å²) in [7, 11) is 0. The zero-order valence-electron chi connectivity index (χ0n) is 11.1. The Hall–Kier alpha value is -0.890. The van der Waals surface area contributed by atoms with Gasteiger partial charge in [0.25, 0.3) is 0 Å². The maximum Gasteiger partial charge on any atom is 0.123 e. The molecule has 1 nitrogen and oxygen atoms in total. The van der Waals surface area contributed by atoms with E-state index in [0.717, 1.165) is 18.3 Å². The number of fused-ring (bicyclic) bond motifs is 4. The second-order valence-electron chi connectivity index (χ2n) is 6.94. The number of aryl methyl sites for hydroxylation is 1. The Morgan fingerprint density at radius 1 is 1.16 bits per heavy atom. The molecule has 1 aromatic carbocycles. The number of hydrogen-bond donors (Lipinski definition) is 0. The van der Waals surface area contributed by atoms with Crippen molar-refractivity contribution in [2.24, 2.45) is 11.8 Å². The third-order valence-electron chi connectivity index (χ3n) is 6.35. The average Bonchev–Trinajstić information content (AvgIpc) is 3.00. The van der Waals surface area contributed by atoms with Crippen molar-refractivity contribution >= 4 is 0 Å². The number of benzene rings is 1. The van der Waals surface area contributed by atoms with E-state index in [9.17, 15) is 4.39 Å². The molecule has 1 heterocycles. The fourth-order valence-corrected chi connectivity index (χ4v) is 5.56. The number of ether oxygens (including phenoxy) is 1. The molecule has 1 aromatic rings. The summed E-state index contributed by atoms with van der Waals surface area (Å²) >= 11 is 0. The first-order chi connectivity index (χ1) is 9.28. The van der Waals surface area contributed by atoms with Crippen LogP contribution in [-0.2, 0) is 11.2 Å². The summed E-state index contributed by atoms with van der Waals surface area (Å²) in [6.45, 7) is 0. The number of halogens is 1. The molecule has 19 heavy (non-hydrogen) atoms. The quantitative estimate of drug-likeness (QED) is 0.645. The molecule has 5 rings (SSSR count). The summed E-state index contributed by atoms with van der Waals surface area (Å²) in [5.41, 5.74) is 3.00. The van der Waals surface area contributed by atoms with Crippen molar-refractivity contribution < 1.29 is 9.13 Å². The lowest BCUT2D eigenvalue weighted by Gasteiger charge is -2.44. The highest BCUT2D eigenvalue weighted by Gasteiger charge is 2.68. The van der Waals surface area contributed by atoms with E-state index in [1.165, 1.54) is 43.2 Å². The highest BCUT2D eigenvalue weighted by Crippen LogP contribution is 2.65. The van der Waals surface area contributed by atoms with Gasteiger partial charge in [0.15, 0.2) is 0 Å². The lowest BCUT2D eigenvalue weighted by Crippen LogP contribution is -2.40. The predicted octanol–water partition coefficient (Wildman–Crippen LogP) is 3.81. The van der Waals surface area contributed by atoms with Crippen LogP contribution in [0, 0.1) is 17.7 Å². The van der Waals surface area contributed by atoms with Gasteiger partial charge in [-0.3, -0.25) is 0 Å². The van der Waals surface area contributed by atoms with E-state index in [1.807, 2.05) is 0 Å². The van der Waals surface area contributed by atoms with Crippen molar-refractivity contribution in [3.8, 4) is 0 Å². The largest absolute Gasteiger partial charge is 0.366 e. The maximum atomic E-state index is 13.4. The van der Waals surface area contributed by atoms with Crippen LogP contribution in [0.1, 0.15) is 49.1 Å². The molecule has 0 N–H and O–H groups in total. The SMILES string of the molecule is Fc1ccc2c(c1)CCC1C2CC[C@]23O[C@H]2CCC13. The topological polar surface area (TPSA) is 12.5 Å². The molecular weight excluding hydrogens is 239 g/mol. The normalized spacial score (nSPS) is 45.9. The molecule has 3 fully saturated rings. The van der Waals surface area contributed by atoms with Gasteiger partial charge in [-0.15, -0.1) is 0 Å². The van der Waals surface area contributed by atoms with Crippen LogP contribution >= 0.6 is 0 Å². The number of hydrogen-bond acceptors (Lipinski definition) is 1. The molecule has 2 saturated carbocycles. The van der Waals surface area contributed by atoms with Gasteiger partial charge < -0.3 is 4.74 Å². The molecule has 100 valence electrons. The van der Waals surface area contributed by atoms with E-state index in [0.29, 0.717) is 17.6 Å². The standard InChI is InChI=1S/C17H19FO/c18-11-2-4-12-10(9-11)1-3-14-13(12)7-8-17-15(14)5-6-16(17)19-17/h2,4,9,13-16H,1,3,5-8H2/t13?,14?,15?,16-,17+/m0/s1.